The summed E-state index contributed by atoms with van der Waals surface area (Å²) in [5.74, 6) is 0.815. The van der Waals surface area contributed by atoms with Gasteiger partial charge >= 0.3 is 0 Å². The van der Waals surface area contributed by atoms with Crippen molar-refractivity contribution < 1.29 is 14.6 Å². The second kappa shape index (κ2) is 6.43. The molecule has 0 heterocycles. The van der Waals surface area contributed by atoms with Gasteiger partial charge in [0.1, 0.15) is 5.75 Å². The van der Waals surface area contributed by atoms with Crippen LogP contribution in [0.1, 0.15) is 17.5 Å². The van der Waals surface area contributed by atoms with E-state index in [1.165, 1.54) is 0 Å². The first-order valence-electron chi connectivity index (χ1n) is 5.09. The molecule has 84 valence electrons. The van der Waals surface area contributed by atoms with Crippen LogP contribution in [-0.4, -0.2) is 25.4 Å². The Morgan fingerprint density at radius 1 is 1.20 bits per heavy atom. The summed E-state index contributed by atoms with van der Waals surface area (Å²) in [6, 6.07) is 5.77. The van der Waals surface area contributed by atoms with Gasteiger partial charge in [0.05, 0.1) is 13.2 Å². The third-order valence-corrected chi connectivity index (χ3v) is 2.05. The number of methoxy groups -OCH3 is 1. The average Bonchev–Trinajstić information content (AvgIpc) is 2.23. The Balaban J connectivity index is 2.49. The van der Waals surface area contributed by atoms with Gasteiger partial charge < -0.3 is 14.6 Å². The zero-order valence-electron chi connectivity index (χ0n) is 9.32. The van der Waals surface area contributed by atoms with Gasteiger partial charge in [-0.15, -0.1) is 0 Å². The van der Waals surface area contributed by atoms with Gasteiger partial charge in [-0.05, 0) is 30.2 Å². The third-order valence-electron chi connectivity index (χ3n) is 2.05. The SMILES string of the molecule is COCCCOc1cc(C)cc(CO)c1. The summed E-state index contributed by atoms with van der Waals surface area (Å²) >= 11 is 0. The van der Waals surface area contributed by atoms with Crippen LogP contribution in [-0.2, 0) is 11.3 Å². The summed E-state index contributed by atoms with van der Waals surface area (Å²) in [5, 5.41) is 9.02. The molecule has 1 aromatic rings. The van der Waals surface area contributed by atoms with Gasteiger partial charge in [-0.3, -0.25) is 0 Å². The summed E-state index contributed by atoms with van der Waals surface area (Å²) in [6.07, 6.45) is 0.874. The molecule has 0 fully saturated rings. The number of rotatable bonds is 6. The average molecular weight is 210 g/mol. The lowest BCUT2D eigenvalue weighted by atomic mass is 10.1. The number of benzene rings is 1. The minimum absolute atomic E-state index is 0.0517. The van der Waals surface area contributed by atoms with Crippen molar-refractivity contribution in [2.45, 2.75) is 20.0 Å². The van der Waals surface area contributed by atoms with Crippen molar-refractivity contribution in [2.24, 2.45) is 0 Å². The van der Waals surface area contributed by atoms with Crippen molar-refractivity contribution in [1.82, 2.24) is 0 Å². The van der Waals surface area contributed by atoms with Crippen LogP contribution in [0.25, 0.3) is 0 Å². The highest BCUT2D eigenvalue weighted by molar-refractivity contribution is 5.33. The smallest absolute Gasteiger partial charge is 0.119 e. The maximum Gasteiger partial charge on any atom is 0.119 e. The monoisotopic (exact) mass is 210 g/mol. The fraction of sp³-hybridized carbons (Fsp3) is 0.500. The highest BCUT2D eigenvalue weighted by atomic mass is 16.5. The van der Waals surface area contributed by atoms with Gasteiger partial charge in [0, 0.05) is 20.1 Å². The molecule has 0 aromatic heterocycles. The molecule has 0 saturated carbocycles. The fourth-order valence-corrected chi connectivity index (χ4v) is 1.39. The molecule has 1 aromatic carbocycles. The van der Waals surface area contributed by atoms with Crippen LogP contribution in [0.5, 0.6) is 5.75 Å². The molecular weight excluding hydrogens is 192 g/mol. The van der Waals surface area contributed by atoms with Crippen molar-refractivity contribution in [1.29, 1.82) is 0 Å². The van der Waals surface area contributed by atoms with Crippen LogP contribution in [0.15, 0.2) is 18.2 Å². The lowest BCUT2D eigenvalue weighted by Gasteiger charge is -2.08. The Labute approximate surface area is 90.6 Å². The summed E-state index contributed by atoms with van der Waals surface area (Å²) in [6.45, 7) is 3.39. The van der Waals surface area contributed by atoms with Crippen molar-refractivity contribution >= 4 is 0 Å². The standard InChI is InChI=1S/C12H18O3/c1-10-6-11(9-13)8-12(7-10)15-5-3-4-14-2/h6-8,13H,3-5,9H2,1-2H3. The van der Waals surface area contributed by atoms with Gasteiger partial charge in [-0.25, -0.2) is 0 Å². The van der Waals surface area contributed by atoms with E-state index in [0.717, 1.165) is 23.3 Å². The second-order valence-electron chi connectivity index (χ2n) is 3.51. The fourth-order valence-electron chi connectivity index (χ4n) is 1.39. The van der Waals surface area contributed by atoms with Crippen LogP contribution in [0, 0.1) is 6.92 Å². The normalized spacial score (nSPS) is 10.3. The molecule has 0 saturated heterocycles. The first-order valence-corrected chi connectivity index (χ1v) is 5.09. The van der Waals surface area contributed by atoms with Gasteiger partial charge in [0.25, 0.3) is 0 Å². The Hall–Kier alpha value is -1.06. The Kier molecular flexibility index (Phi) is 5.15. The molecule has 0 amide bonds. The highest BCUT2D eigenvalue weighted by Gasteiger charge is 1.98. The largest absolute Gasteiger partial charge is 0.493 e. The maximum absolute atomic E-state index is 9.02. The molecule has 0 spiro atoms. The van der Waals surface area contributed by atoms with E-state index in [0.29, 0.717) is 13.2 Å². The minimum Gasteiger partial charge on any atom is -0.493 e. The molecule has 1 rings (SSSR count). The van der Waals surface area contributed by atoms with Crippen molar-refractivity contribution in [2.75, 3.05) is 20.3 Å². The van der Waals surface area contributed by atoms with E-state index in [4.69, 9.17) is 14.6 Å². The van der Waals surface area contributed by atoms with Crippen molar-refractivity contribution in [3.05, 3.63) is 29.3 Å². The molecule has 1 N–H and O–H groups in total. The number of aliphatic hydroxyl groups is 1. The molecule has 3 nitrogen and oxygen atoms in total. The molecule has 0 aliphatic carbocycles. The van der Waals surface area contributed by atoms with Gasteiger partial charge in [-0.2, -0.15) is 0 Å². The lowest BCUT2D eigenvalue weighted by molar-refractivity contribution is 0.172. The van der Waals surface area contributed by atoms with E-state index in [2.05, 4.69) is 0 Å². The van der Waals surface area contributed by atoms with E-state index in [1.807, 2.05) is 25.1 Å². The summed E-state index contributed by atoms with van der Waals surface area (Å²) in [4.78, 5) is 0. The number of ether oxygens (including phenoxy) is 2. The third kappa shape index (κ3) is 4.32. The van der Waals surface area contributed by atoms with Crippen LogP contribution in [0.2, 0.25) is 0 Å². The van der Waals surface area contributed by atoms with E-state index in [9.17, 15) is 0 Å². The van der Waals surface area contributed by atoms with E-state index < -0.39 is 0 Å². The minimum atomic E-state index is 0.0517. The number of hydrogen-bond acceptors (Lipinski definition) is 3. The summed E-state index contributed by atoms with van der Waals surface area (Å²) < 4.78 is 10.5. The molecule has 0 radical (unpaired) electrons. The molecule has 0 aliphatic rings. The number of aryl methyl sites for hydroxylation is 1. The highest BCUT2D eigenvalue weighted by Crippen LogP contribution is 2.17. The molecule has 15 heavy (non-hydrogen) atoms. The molecule has 0 unspecified atom stereocenters. The predicted octanol–water partition coefficient (Wildman–Crippen LogP) is 1.90. The van der Waals surface area contributed by atoms with Crippen LogP contribution in [0.4, 0.5) is 0 Å². The van der Waals surface area contributed by atoms with E-state index >= 15 is 0 Å². The molecular formula is C12H18O3. The Morgan fingerprint density at radius 2 is 2.00 bits per heavy atom. The van der Waals surface area contributed by atoms with Gasteiger partial charge in [-0.1, -0.05) is 6.07 Å². The van der Waals surface area contributed by atoms with E-state index in [1.54, 1.807) is 7.11 Å². The summed E-state index contributed by atoms with van der Waals surface area (Å²) in [5.41, 5.74) is 1.99. The lowest BCUT2D eigenvalue weighted by Crippen LogP contribution is -2.02. The molecule has 0 bridgehead atoms. The molecule has 0 aliphatic heterocycles. The molecule has 3 heteroatoms. The van der Waals surface area contributed by atoms with Gasteiger partial charge in [0.15, 0.2) is 0 Å². The quantitative estimate of drug-likeness (QED) is 0.729. The Morgan fingerprint density at radius 3 is 2.67 bits per heavy atom. The van der Waals surface area contributed by atoms with Crippen LogP contribution in [0.3, 0.4) is 0 Å². The second-order valence-corrected chi connectivity index (χ2v) is 3.51. The van der Waals surface area contributed by atoms with Gasteiger partial charge in [0.2, 0.25) is 0 Å². The predicted molar refractivity (Wildman–Crippen MR) is 59.1 cm³/mol. The van der Waals surface area contributed by atoms with E-state index in [-0.39, 0.29) is 6.61 Å². The van der Waals surface area contributed by atoms with Crippen LogP contribution < -0.4 is 4.74 Å². The molecule has 0 atom stereocenters. The number of hydrogen-bond donors (Lipinski definition) is 1. The summed E-state index contributed by atoms with van der Waals surface area (Å²) in [7, 11) is 1.68. The zero-order chi connectivity index (χ0) is 11.1. The Bertz CT molecular complexity index is 297. The van der Waals surface area contributed by atoms with Crippen LogP contribution >= 0.6 is 0 Å². The first kappa shape index (κ1) is 12.0. The topological polar surface area (TPSA) is 38.7 Å². The van der Waals surface area contributed by atoms with Crippen molar-refractivity contribution in [3.8, 4) is 5.75 Å². The first-order chi connectivity index (χ1) is 7.26. The zero-order valence-corrected chi connectivity index (χ0v) is 9.32. The number of aliphatic hydroxyl groups excluding tert-OH is 1. The van der Waals surface area contributed by atoms with Crippen molar-refractivity contribution in [3.63, 3.8) is 0 Å². The maximum atomic E-state index is 9.02.